The van der Waals surface area contributed by atoms with Crippen LogP contribution in [0.3, 0.4) is 0 Å². The highest BCUT2D eigenvalue weighted by Gasteiger charge is 2.27. The van der Waals surface area contributed by atoms with Gasteiger partial charge in [0.1, 0.15) is 0 Å². The maximum Gasteiger partial charge on any atom is 0.0622 e. The standard InChI is InChI=1S/C10H18O.C2H6/c1-8-4-6-9(7-5-8)10(2,3)11;1-2/h4,9,11H,5-7H2,1-3H3;1-2H3. The number of hydrogen-bond acceptors (Lipinski definition) is 1. The van der Waals surface area contributed by atoms with Gasteiger partial charge < -0.3 is 5.11 Å². The number of hydrogen-bond donors (Lipinski definition) is 1. The van der Waals surface area contributed by atoms with Crippen molar-refractivity contribution in [2.75, 3.05) is 0 Å². The van der Waals surface area contributed by atoms with Crippen LogP contribution < -0.4 is 0 Å². The van der Waals surface area contributed by atoms with Crippen molar-refractivity contribution >= 4 is 0 Å². The van der Waals surface area contributed by atoms with Crippen LogP contribution in [0.15, 0.2) is 11.6 Å². The predicted molar refractivity (Wildman–Crippen MR) is 58.7 cm³/mol. The molecule has 0 aromatic rings. The average Bonchev–Trinajstić information content (AvgIpc) is 2.07. The maximum atomic E-state index is 9.70. The first-order valence-electron chi connectivity index (χ1n) is 5.38. The van der Waals surface area contributed by atoms with Crippen molar-refractivity contribution in [3.63, 3.8) is 0 Å². The van der Waals surface area contributed by atoms with Crippen LogP contribution in [0.25, 0.3) is 0 Å². The fourth-order valence-electron chi connectivity index (χ4n) is 1.61. The molecule has 1 rings (SSSR count). The van der Waals surface area contributed by atoms with Gasteiger partial charge in [-0.15, -0.1) is 0 Å². The Bertz CT molecular complexity index is 162. The molecule has 78 valence electrons. The fourth-order valence-corrected chi connectivity index (χ4v) is 1.61. The van der Waals surface area contributed by atoms with Crippen LogP contribution in [0, 0.1) is 5.92 Å². The Morgan fingerprint density at radius 3 is 2.23 bits per heavy atom. The minimum Gasteiger partial charge on any atom is -0.390 e. The van der Waals surface area contributed by atoms with E-state index in [1.807, 2.05) is 27.7 Å². The summed E-state index contributed by atoms with van der Waals surface area (Å²) in [5.41, 5.74) is 0.988. The SMILES string of the molecule is CC.CC1=CCC(C(C)(C)O)CC1. The second-order valence-electron chi connectivity index (χ2n) is 4.18. The van der Waals surface area contributed by atoms with Crippen molar-refractivity contribution < 1.29 is 5.11 Å². The number of rotatable bonds is 1. The molecule has 0 saturated carbocycles. The molecule has 1 N–H and O–H groups in total. The largest absolute Gasteiger partial charge is 0.390 e. The van der Waals surface area contributed by atoms with Gasteiger partial charge in [0.2, 0.25) is 0 Å². The zero-order valence-electron chi connectivity index (χ0n) is 9.72. The first kappa shape index (κ1) is 12.7. The lowest BCUT2D eigenvalue weighted by Crippen LogP contribution is -2.31. The van der Waals surface area contributed by atoms with Crippen LogP contribution >= 0.6 is 0 Å². The second kappa shape index (κ2) is 5.43. The molecule has 1 unspecified atom stereocenters. The Morgan fingerprint density at radius 1 is 1.38 bits per heavy atom. The van der Waals surface area contributed by atoms with E-state index in [-0.39, 0.29) is 0 Å². The van der Waals surface area contributed by atoms with E-state index >= 15 is 0 Å². The summed E-state index contributed by atoms with van der Waals surface area (Å²) < 4.78 is 0. The minimum atomic E-state index is -0.489. The molecule has 0 saturated heterocycles. The van der Waals surface area contributed by atoms with Gasteiger partial charge in [-0.05, 0) is 46.0 Å². The smallest absolute Gasteiger partial charge is 0.0622 e. The molecule has 1 heteroatoms. The van der Waals surface area contributed by atoms with E-state index in [0.717, 1.165) is 19.3 Å². The summed E-state index contributed by atoms with van der Waals surface area (Å²) in [5.74, 6) is 0.464. The van der Waals surface area contributed by atoms with Gasteiger partial charge in [0.05, 0.1) is 5.60 Å². The van der Waals surface area contributed by atoms with Crippen LogP contribution in [0.5, 0.6) is 0 Å². The molecular formula is C12H24O. The van der Waals surface area contributed by atoms with Gasteiger partial charge >= 0.3 is 0 Å². The van der Waals surface area contributed by atoms with Gasteiger partial charge in [-0.3, -0.25) is 0 Å². The fraction of sp³-hybridized carbons (Fsp3) is 0.833. The molecule has 1 aliphatic rings. The van der Waals surface area contributed by atoms with Gasteiger partial charge in [0.25, 0.3) is 0 Å². The second-order valence-corrected chi connectivity index (χ2v) is 4.18. The molecule has 1 atom stereocenters. The summed E-state index contributed by atoms with van der Waals surface area (Å²) in [7, 11) is 0. The van der Waals surface area contributed by atoms with Gasteiger partial charge in [-0.1, -0.05) is 25.5 Å². The lowest BCUT2D eigenvalue weighted by molar-refractivity contribution is 0.0126. The van der Waals surface area contributed by atoms with Gasteiger partial charge in [0.15, 0.2) is 0 Å². The van der Waals surface area contributed by atoms with E-state index in [2.05, 4.69) is 13.0 Å². The zero-order chi connectivity index (χ0) is 10.5. The Balaban J connectivity index is 0.000000671. The van der Waals surface area contributed by atoms with Gasteiger partial charge in [0, 0.05) is 0 Å². The van der Waals surface area contributed by atoms with Gasteiger partial charge in [-0.25, -0.2) is 0 Å². The van der Waals surface area contributed by atoms with E-state index in [4.69, 9.17) is 0 Å². The van der Waals surface area contributed by atoms with Crippen LogP contribution in [-0.4, -0.2) is 10.7 Å². The van der Waals surface area contributed by atoms with Crippen molar-refractivity contribution in [3.05, 3.63) is 11.6 Å². The quantitative estimate of drug-likeness (QED) is 0.618. The minimum absolute atomic E-state index is 0.464. The van der Waals surface area contributed by atoms with E-state index in [1.54, 1.807) is 0 Å². The zero-order valence-corrected chi connectivity index (χ0v) is 9.72. The van der Waals surface area contributed by atoms with Crippen molar-refractivity contribution in [3.8, 4) is 0 Å². The Morgan fingerprint density at radius 2 is 1.92 bits per heavy atom. The number of aliphatic hydroxyl groups is 1. The Hall–Kier alpha value is -0.300. The van der Waals surface area contributed by atoms with Gasteiger partial charge in [-0.2, -0.15) is 0 Å². The third-order valence-corrected chi connectivity index (χ3v) is 2.64. The van der Waals surface area contributed by atoms with Crippen LogP contribution in [0.4, 0.5) is 0 Å². The van der Waals surface area contributed by atoms with E-state index in [1.165, 1.54) is 5.57 Å². The highest BCUT2D eigenvalue weighted by atomic mass is 16.3. The molecule has 0 fully saturated rings. The summed E-state index contributed by atoms with van der Waals surface area (Å²) in [6.45, 7) is 9.99. The number of allylic oxidation sites excluding steroid dienone is 2. The Kier molecular flexibility index (Phi) is 5.31. The molecule has 0 aromatic heterocycles. The first-order valence-corrected chi connectivity index (χ1v) is 5.38. The molecular weight excluding hydrogens is 160 g/mol. The first-order chi connectivity index (χ1) is 6.00. The van der Waals surface area contributed by atoms with Crippen molar-refractivity contribution in [2.45, 2.75) is 59.5 Å². The summed E-state index contributed by atoms with van der Waals surface area (Å²) in [6, 6.07) is 0. The molecule has 0 aliphatic heterocycles. The lowest BCUT2D eigenvalue weighted by Gasteiger charge is -2.31. The van der Waals surface area contributed by atoms with Crippen LogP contribution in [0.1, 0.15) is 53.9 Å². The predicted octanol–water partition coefficient (Wildman–Crippen LogP) is 3.53. The van der Waals surface area contributed by atoms with Crippen molar-refractivity contribution in [1.29, 1.82) is 0 Å². The topological polar surface area (TPSA) is 20.2 Å². The average molecular weight is 184 g/mol. The lowest BCUT2D eigenvalue weighted by atomic mass is 9.80. The van der Waals surface area contributed by atoms with E-state index < -0.39 is 5.60 Å². The highest BCUT2D eigenvalue weighted by molar-refractivity contribution is 5.04. The van der Waals surface area contributed by atoms with Crippen molar-refractivity contribution in [2.24, 2.45) is 5.92 Å². The highest BCUT2D eigenvalue weighted by Crippen LogP contribution is 2.31. The molecule has 0 aromatic carbocycles. The van der Waals surface area contributed by atoms with E-state index in [9.17, 15) is 5.11 Å². The summed E-state index contributed by atoms with van der Waals surface area (Å²) >= 11 is 0. The molecule has 1 nitrogen and oxygen atoms in total. The maximum absolute atomic E-state index is 9.70. The monoisotopic (exact) mass is 184 g/mol. The van der Waals surface area contributed by atoms with E-state index in [0.29, 0.717) is 5.92 Å². The third-order valence-electron chi connectivity index (χ3n) is 2.64. The molecule has 0 radical (unpaired) electrons. The molecule has 0 bridgehead atoms. The normalized spacial score (nSPS) is 22.9. The molecule has 0 heterocycles. The van der Waals surface area contributed by atoms with Crippen LogP contribution in [0.2, 0.25) is 0 Å². The van der Waals surface area contributed by atoms with Crippen LogP contribution in [-0.2, 0) is 0 Å². The molecule has 0 spiro atoms. The molecule has 1 aliphatic carbocycles. The molecule has 0 amide bonds. The summed E-state index contributed by atoms with van der Waals surface area (Å²) in [5, 5.41) is 9.70. The molecule has 13 heavy (non-hydrogen) atoms. The Labute approximate surface area is 82.9 Å². The summed E-state index contributed by atoms with van der Waals surface area (Å²) in [6.07, 6.45) is 5.61. The van der Waals surface area contributed by atoms with Crippen molar-refractivity contribution in [1.82, 2.24) is 0 Å². The third kappa shape index (κ3) is 4.47. The summed E-state index contributed by atoms with van der Waals surface area (Å²) in [4.78, 5) is 0.